The maximum Gasteiger partial charge on any atom is 0.303 e. The molecule has 2 N–H and O–H groups in total. The highest BCUT2D eigenvalue weighted by molar-refractivity contribution is 5.68. The van der Waals surface area contributed by atoms with Gasteiger partial charge in [-0.3, -0.25) is 9.59 Å². The molecular formula is C24H36O6. The summed E-state index contributed by atoms with van der Waals surface area (Å²) >= 11 is 0. The van der Waals surface area contributed by atoms with E-state index in [0.717, 1.165) is 23.1 Å². The smallest absolute Gasteiger partial charge is 0.303 e. The van der Waals surface area contributed by atoms with Crippen LogP contribution in [0.5, 0.6) is 0 Å². The predicted octanol–water partition coefficient (Wildman–Crippen LogP) is 3.31. The largest absolute Gasteiger partial charge is 0.458 e. The van der Waals surface area contributed by atoms with E-state index in [1.165, 1.54) is 13.8 Å². The normalized spacial score (nSPS) is 40.7. The summed E-state index contributed by atoms with van der Waals surface area (Å²) in [7, 11) is 0. The van der Waals surface area contributed by atoms with Crippen LogP contribution in [0.1, 0.15) is 67.2 Å². The molecule has 0 spiro atoms. The van der Waals surface area contributed by atoms with E-state index in [1.807, 2.05) is 6.92 Å². The molecule has 0 saturated heterocycles. The Morgan fingerprint density at radius 3 is 2.20 bits per heavy atom. The van der Waals surface area contributed by atoms with Gasteiger partial charge in [-0.1, -0.05) is 27.4 Å². The van der Waals surface area contributed by atoms with Gasteiger partial charge in [-0.15, -0.1) is 0 Å². The molecule has 168 valence electrons. The summed E-state index contributed by atoms with van der Waals surface area (Å²) < 4.78 is 11.8. The average Bonchev–Trinajstić information content (AvgIpc) is 2.62. The van der Waals surface area contributed by atoms with E-state index < -0.39 is 41.8 Å². The lowest BCUT2D eigenvalue weighted by atomic mass is 9.50. The van der Waals surface area contributed by atoms with Crippen LogP contribution in [0.3, 0.4) is 0 Å². The molecule has 2 bridgehead atoms. The Morgan fingerprint density at radius 1 is 1.03 bits per heavy atom. The number of hydrogen-bond donors (Lipinski definition) is 2. The Hall–Kier alpha value is -1.66. The number of aliphatic hydroxyl groups excluding tert-OH is 2. The standard InChI is InChI=1S/C24H36O6/c1-12-17-10-16-11-19(28)13(2)20(23(16,5)6)21(29-14(3)25)22(30-15(4)26)24(17,7)9-8-18(12)27/h16-19,21-22,27-28H,1,8-11H2,2-7H3/t16-,17-,18+,19+,21-,22+,24-/m1/s1. The van der Waals surface area contributed by atoms with Gasteiger partial charge >= 0.3 is 11.9 Å². The van der Waals surface area contributed by atoms with Crippen molar-refractivity contribution >= 4 is 11.9 Å². The molecule has 0 amide bonds. The Labute approximate surface area is 179 Å². The van der Waals surface area contributed by atoms with Gasteiger partial charge < -0.3 is 19.7 Å². The summed E-state index contributed by atoms with van der Waals surface area (Å²) in [5, 5.41) is 21.4. The zero-order chi connectivity index (χ0) is 22.6. The van der Waals surface area contributed by atoms with Crippen molar-refractivity contribution in [3.63, 3.8) is 0 Å². The number of ether oxygens (including phenoxy) is 2. The molecule has 0 aromatic carbocycles. The van der Waals surface area contributed by atoms with Crippen LogP contribution in [0.2, 0.25) is 0 Å². The monoisotopic (exact) mass is 420 g/mol. The second-order valence-electron chi connectivity index (χ2n) is 10.3. The van der Waals surface area contributed by atoms with Crippen LogP contribution in [0.15, 0.2) is 23.3 Å². The van der Waals surface area contributed by atoms with Crippen molar-refractivity contribution in [2.45, 2.75) is 91.6 Å². The summed E-state index contributed by atoms with van der Waals surface area (Å²) in [6.45, 7) is 15.1. The average molecular weight is 421 g/mol. The Morgan fingerprint density at radius 2 is 1.63 bits per heavy atom. The fourth-order valence-electron chi connectivity index (χ4n) is 6.31. The highest BCUT2D eigenvalue weighted by Gasteiger charge is 2.59. The van der Waals surface area contributed by atoms with Crippen molar-refractivity contribution in [3.05, 3.63) is 23.3 Å². The number of hydrogen-bond acceptors (Lipinski definition) is 6. The summed E-state index contributed by atoms with van der Waals surface area (Å²) in [6.07, 6.45) is -0.332. The molecule has 6 heteroatoms. The number of carbonyl (C=O) groups excluding carboxylic acids is 2. The van der Waals surface area contributed by atoms with Gasteiger partial charge in [-0.25, -0.2) is 0 Å². The molecule has 3 aliphatic carbocycles. The Bertz CT molecular complexity index is 781. The summed E-state index contributed by atoms with van der Waals surface area (Å²) in [5.74, 6) is -0.923. The molecular weight excluding hydrogens is 384 g/mol. The molecule has 0 unspecified atom stereocenters. The molecule has 30 heavy (non-hydrogen) atoms. The number of aliphatic hydroxyl groups is 2. The molecule has 2 saturated carbocycles. The Balaban J connectivity index is 2.28. The first-order valence-electron chi connectivity index (χ1n) is 10.9. The molecule has 2 fully saturated rings. The van der Waals surface area contributed by atoms with E-state index in [0.29, 0.717) is 19.3 Å². The molecule has 0 aromatic heterocycles. The first kappa shape index (κ1) is 23.0. The van der Waals surface area contributed by atoms with E-state index in [-0.39, 0.29) is 17.3 Å². The summed E-state index contributed by atoms with van der Waals surface area (Å²) in [6, 6.07) is 0. The second kappa shape index (κ2) is 7.79. The first-order chi connectivity index (χ1) is 13.8. The SMILES string of the molecule is C=C1[C@H]2C[C@@H]3C[C@H](O)C(C)=C([C@@H](OC(C)=O)[C@H](OC(C)=O)[C@]2(C)CC[C@@H]1O)C3(C)C. The minimum atomic E-state index is -0.797. The molecule has 7 atom stereocenters. The van der Waals surface area contributed by atoms with Gasteiger partial charge in [0.1, 0.15) is 6.10 Å². The lowest BCUT2D eigenvalue weighted by Gasteiger charge is -2.57. The molecule has 3 aliphatic rings. The number of rotatable bonds is 2. The van der Waals surface area contributed by atoms with E-state index in [4.69, 9.17) is 9.47 Å². The van der Waals surface area contributed by atoms with Crippen molar-refractivity contribution < 1.29 is 29.3 Å². The van der Waals surface area contributed by atoms with Gasteiger partial charge in [-0.05, 0) is 66.6 Å². The van der Waals surface area contributed by atoms with Crippen LogP contribution in [0.25, 0.3) is 0 Å². The number of carbonyl (C=O) groups is 2. The third-order valence-electron chi connectivity index (χ3n) is 8.09. The quantitative estimate of drug-likeness (QED) is 0.526. The highest BCUT2D eigenvalue weighted by atomic mass is 16.6. The maximum absolute atomic E-state index is 12.2. The molecule has 0 aliphatic heterocycles. The zero-order valence-corrected chi connectivity index (χ0v) is 19.0. The van der Waals surface area contributed by atoms with Crippen LogP contribution in [-0.2, 0) is 19.1 Å². The molecule has 0 heterocycles. The van der Waals surface area contributed by atoms with Gasteiger partial charge in [-0.2, -0.15) is 0 Å². The summed E-state index contributed by atoms with van der Waals surface area (Å²) in [5.41, 5.74) is 1.44. The topological polar surface area (TPSA) is 93.1 Å². The van der Waals surface area contributed by atoms with Crippen molar-refractivity contribution in [1.82, 2.24) is 0 Å². The minimum absolute atomic E-state index is 0.105. The fourth-order valence-corrected chi connectivity index (χ4v) is 6.31. The van der Waals surface area contributed by atoms with Crippen molar-refractivity contribution in [2.75, 3.05) is 0 Å². The predicted molar refractivity (Wildman–Crippen MR) is 112 cm³/mol. The summed E-state index contributed by atoms with van der Waals surface area (Å²) in [4.78, 5) is 24.4. The van der Waals surface area contributed by atoms with Gasteiger partial charge in [0.15, 0.2) is 6.10 Å². The highest BCUT2D eigenvalue weighted by Crippen LogP contribution is 2.59. The number of esters is 2. The van der Waals surface area contributed by atoms with Crippen molar-refractivity contribution in [1.29, 1.82) is 0 Å². The Kier molecular flexibility index (Phi) is 5.98. The van der Waals surface area contributed by atoms with Crippen molar-refractivity contribution in [2.24, 2.45) is 22.7 Å². The maximum atomic E-state index is 12.2. The van der Waals surface area contributed by atoms with Crippen molar-refractivity contribution in [3.8, 4) is 0 Å². The molecule has 3 rings (SSSR count). The van der Waals surface area contributed by atoms with Crippen LogP contribution in [0.4, 0.5) is 0 Å². The van der Waals surface area contributed by atoms with Crippen LogP contribution >= 0.6 is 0 Å². The third-order valence-corrected chi connectivity index (χ3v) is 8.09. The van der Waals surface area contributed by atoms with E-state index in [9.17, 15) is 19.8 Å². The fraction of sp³-hybridized carbons (Fsp3) is 0.750. The second-order valence-corrected chi connectivity index (χ2v) is 10.3. The van der Waals surface area contributed by atoms with Crippen LogP contribution in [0, 0.1) is 22.7 Å². The van der Waals surface area contributed by atoms with E-state index in [2.05, 4.69) is 27.4 Å². The van der Waals surface area contributed by atoms with Gasteiger partial charge in [0.2, 0.25) is 0 Å². The third kappa shape index (κ3) is 3.62. The van der Waals surface area contributed by atoms with Crippen LogP contribution in [-0.4, -0.2) is 46.6 Å². The lowest BCUT2D eigenvalue weighted by Crippen LogP contribution is -2.59. The molecule has 0 radical (unpaired) electrons. The number of fused-ring (bicyclic) bond motifs is 3. The van der Waals surface area contributed by atoms with Gasteiger partial charge in [0.05, 0.1) is 12.2 Å². The van der Waals surface area contributed by atoms with E-state index >= 15 is 0 Å². The lowest BCUT2D eigenvalue weighted by molar-refractivity contribution is -0.185. The molecule has 0 aromatic rings. The van der Waals surface area contributed by atoms with E-state index in [1.54, 1.807) is 0 Å². The molecule has 6 nitrogen and oxygen atoms in total. The first-order valence-corrected chi connectivity index (χ1v) is 10.9. The van der Waals surface area contributed by atoms with Crippen LogP contribution < -0.4 is 0 Å². The van der Waals surface area contributed by atoms with Gasteiger partial charge in [0, 0.05) is 19.3 Å². The zero-order valence-electron chi connectivity index (χ0n) is 19.0. The minimum Gasteiger partial charge on any atom is -0.458 e. The van der Waals surface area contributed by atoms with Gasteiger partial charge in [0.25, 0.3) is 0 Å².